The molecule has 0 amide bonds. The number of methoxy groups -OCH3 is 1. The molecule has 5 heteroatoms. The average Bonchev–Trinajstić information content (AvgIpc) is 2.48. The van der Waals surface area contributed by atoms with Crippen LogP contribution in [-0.2, 0) is 11.2 Å². The van der Waals surface area contributed by atoms with Crippen LogP contribution in [0.3, 0.4) is 0 Å². The topological polar surface area (TPSA) is 50.3 Å². The summed E-state index contributed by atoms with van der Waals surface area (Å²) in [5, 5.41) is 3.31. The highest BCUT2D eigenvalue weighted by molar-refractivity contribution is 5.50. The molecular formula is C16H28N4O. The fraction of sp³-hybridized carbons (Fsp3) is 0.750. The van der Waals surface area contributed by atoms with Gasteiger partial charge >= 0.3 is 0 Å². The van der Waals surface area contributed by atoms with E-state index in [0.29, 0.717) is 0 Å². The predicted molar refractivity (Wildman–Crippen MR) is 87.1 cm³/mol. The molecule has 1 fully saturated rings. The van der Waals surface area contributed by atoms with E-state index in [0.717, 1.165) is 62.8 Å². The van der Waals surface area contributed by atoms with Gasteiger partial charge in [0.2, 0.25) is 0 Å². The van der Waals surface area contributed by atoms with Crippen LogP contribution in [0.2, 0.25) is 0 Å². The quantitative estimate of drug-likeness (QED) is 0.873. The number of anilines is 2. The fourth-order valence-electron chi connectivity index (χ4n) is 2.82. The number of aromatic nitrogens is 2. The molecule has 1 aromatic rings. The maximum atomic E-state index is 5.69. The van der Waals surface area contributed by atoms with Gasteiger partial charge in [0, 0.05) is 39.2 Å². The molecule has 1 atom stereocenters. The Kier molecular flexibility index (Phi) is 5.39. The molecule has 0 saturated carbocycles. The molecule has 0 radical (unpaired) electrons. The van der Waals surface area contributed by atoms with Crippen molar-refractivity contribution in [3.8, 4) is 0 Å². The molecule has 0 spiro atoms. The number of hydrogen-bond donors (Lipinski definition) is 1. The molecular weight excluding hydrogens is 264 g/mol. The smallest absolute Gasteiger partial charge is 0.134 e. The van der Waals surface area contributed by atoms with Gasteiger partial charge in [-0.25, -0.2) is 9.97 Å². The van der Waals surface area contributed by atoms with E-state index in [4.69, 9.17) is 9.72 Å². The minimum Gasteiger partial charge on any atom is -0.377 e. The van der Waals surface area contributed by atoms with Gasteiger partial charge in [-0.15, -0.1) is 0 Å². The molecule has 1 saturated heterocycles. The predicted octanol–water partition coefficient (Wildman–Crippen LogP) is 2.87. The normalized spacial score (nSPS) is 22.4. The second-order valence-electron chi connectivity index (χ2n) is 5.99. The minimum atomic E-state index is -0.0769. The molecule has 1 unspecified atom stereocenters. The van der Waals surface area contributed by atoms with Crippen LogP contribution in [0.5, 0.6) is 0 Å². The van der Waals surface area contributed by atoms with Gasteiger partial charge in [0.25, 0.3) is 0 Å². The zero-order valence-electron chi connectivity index (χ0n) is 13.8. The molecule has 1 aromatic heterocycles. The SMILES string of the molecule is CCCc1nc(NCC)cc(N2CCCC(C)(OC)C2)n1. The van der Waals surface area contributed by atoms with E-state index >= 15 is 0 Å². The number of aryl methyl sites for hydroxylation is 1. The van der Waals surface area contributed by atoms with Crippen LogP contribution >= 0.6 is 0 Å². The zero-order chi connectivity index (χ0) is 15.3. The first kappa shape index (κ1) is 16.0. The molecule has 0 bridgehead atoms. The van der Waals surface area contributed by atoms with Crippen molar-refractivity contribution in [2.45, 2.75) is 52.1 Å². The molecule has 5 nitrogen and oxygen atoms in total. The minimum absolute atomic E-state index is 0.0769. The second-order valence-corrected chi connectivity index (χ2v) is 5.99. The van der Waals surface area contributed by atoms with E-state index in [1.165, 1.54) is 0 Å². The summed E-state index contributed by atoms with van der Waals surface area (Å²) < 4.78 is 5.69. The largest absolute Gasteiger partial charge is 0.377 e. The zero-order valence-corrected chi connectivity index (χ0v) is 13.8. The molecule has 21 heavy (non-hydrogen) atoms. The molecule has 1 aliphatic heterocycles. The van der Waals surface area contributed by atoms with E-state index in [2.05, 4.69) is 42.0 Å². The van der Waals surface area contributed by atoms with Gasteiger partial charge in [0.05, 0.1) is 5.60 Å². The number of hydrogen-bond acceptors (Lipinski definition) is 5. The summed E-state index contributed by atoms with van der Waals surface area (Å²) in [6, 6.07) is 2.06. The average molecular weight is 292 g/mol. The lowest BCUT2D eigenvalue weighted by molar-refractivity contribution is -0.00482. The van der Waals surface area contributed by atoms with E-state index in [1.807, 2.05) is 0 Å². The Bertz CT molecular complexity index is 441. The second kappa shape index (κ2) is 7.07. The molecule has 118 valence electrons. The van der Waals surface area contributed by atoms with Gasteiger partial charge < -0.3 is 15.0 Å². The van der Waals surface area contributed by atoms with E-state index in [1.54, 1.807) is 7.11 Å². The Hall–Kier alpha value is -1.36. The standard InChI is InChI=1S/C16H28N4O/c1-5-8-13-18-14(17-6-2)11-15(19-13)20-10-7-9-16(3,12-20)21-4/h11H,5-10,12H2,1-4H3,(H,17,18,19). The van der Waals surface area contributed by atoms with Crippen LogP contribution in [0.15, 0.2) is 6.07 Å². The van der Waals surface area contributed by atoms with E-state index < -0.39 is 0 Å². The Morgan fingerprint density at radius 2 is 2.19 bits per heavy atom. The molecule has 1 N–H and O–H groups in total. The van der Waals surface area contributed by atoms with Gasteiger partial charge in [0.1, 0.15) is 17.5 Å². The maximum Gasteiger partial charge on any atom is 0.134 e. The van der Waals surface area contributed by atoms with Crippen LogP contribution in [0, 0.1) is 0 Å². The Labute approximate surface area is 128 Å². The molecule has 2 heterocycles. The monoisotopic (exact) mass is 292 g/mol. The van der Waals surface area contributed by atoms with E-state index in [-0.39, 0.29) is 5.60 Å². The van der Waals surface area contributed by atoms with Gasteiger partial charge in [-0.05, 0) is 33.1 Å². The highest BCUT2D eigenvalue weighted by Crippen LogP contribution is 2.28. The summed E-state index contributed by atoms with van der Waals surface area (Å²) in [4.78, 5) is 11.7. The molecule has 1 aliphatic rings. The van der Waals surface area contributed by atoms with Crippen LogP contribution < -0.4 is 10.2 Å². The Morgan fingerprint density at radius 1 is 1.38 bits per heavy atom. The number of nitrogens with one attached hydrogen (secondary N) is 1. The third kappa shape index (κ3) is 4.06. The summed E-state index contributed by atoms with van der Waals surface area (Å²) >= 11 is 0. The molecule has 2 rings (SSSR count). The van der Waals surface area contributed by atoms with Gasteiger partial charge in [-0.1, -0.05) is 6.92 Å². The van der Waals surface area contributed by atoms with Crippen molar-refractivity contribution in [2.75, 3.05) is 37.0 Å². The molecule has 0 aliphatic carbocycles. The van der Waals surface area contributed by atoms with E-state index in [9.17, 15) is 0 Å². The summed E-state index contributed by atoms with van der Waals surface area (Å²) in [6.45, 7) is 9.22. The number of rotatable bonds is 6. The van der Waals surface area contributed by atoms with Crippen molar-refractivity contribution in [2.24, 2.45) is 0 Å². The lowest BCUT2D eigenvalue weighted by Gasteiger charge is -2.40. The maximum absolute atomic E-state index is 5.69. The van der Waals surface area contributed by atoms with Crippen LogP contribution in [-0.4, -0.2) is 42.3 Å². The molecule has 0 aromatic carbocycles. The van der Waals surface area contributed by atoms with Crippen molar-refractivity contribution < 1.29 is 4.74 Å². The highest BCUT2D eigenvalue weighted by Gasteiger charge is 2.31. The summed E-state index contributed by atoms with van der Waals surface area (Å²) in [5.74, 6) is 2.87. The van der Waals surface area contributed by atoms with Crippen LogP contribution in [0.1, 0.15) is 45.9 Å². The van der Waals surface area contributed by atoms with Crippen molar-refractivity contribution in [1.29, 1.82) is 0 Å². The third-order valence-corrected chi connectivity index (χ3v) is 4.07. The van der Waals surface area contributed by atoms with Crippen LogP contribution in [0.25, 0.3) is 0 Å². The first-order valence-corrected chi connectivity index (χ1v) is 8.02. The number of nitrogens with zero attached hydrogens (tertiary/aromatic N) is 3. The number of piperidine rings is 1. The summed E-state index contributed by atoms with van der Waals surface area (Å²) in [6.07, 6.45) is 4.22. The summed E-state index contributed by atoms with van der Waals surface area (Å²) in [5.41, 5.74) is -0.0769. The Balaban J connectivity index is 2.24. The lowest BCUT2D eigenvalue weighted by atomic mass is 9.95. The van der Waals surface area contributed by atoms with Crippen molar-refractivity contribution in [3.63, 3.8) is 0 Å². The van der Waals surface area contributed by atoms with Crippen molar-refractivity contribution >= 4 is 11.6 Å². The lowest BCUT2D eigenvalue weighted by Crippen LogP contribution is -2.47. The van der Waals surface area contributed by atoms with Gasteiger partial charge in [0.15, 0.2) is 0 Å². The number of ether oxygens (including phenoxy) is 1. The fourth-order valence-corrected chi connectivity index (χ4v) is 2.82. The third-order valence-electron chi connectivity index (χ3n) is 4.07. The van der Waals surface area contributed by atoms with Gasteiger partial charge in [-0.3, -0.25) is 0 Å². The van der Waals surface area contributed by atoms with Crippen molar-refractivity contribution in [1.82, 2.24) is 9.97 Å². The first-order valence-electron chi connectivity index (χ1n) is 8.02. The van der Waals surface area contributed by atoms with Gasteiger partial charge in [-0.2, -0.15) is 0 Å². The Morgan fingerprint density at radius 3 is 2.86 bits per heavy atom. The summed E-state index contributed by atoms with van der Waals surface area (Å²) in [7, 11) is 1.80. The highest BCUT2D eigenvalue weighted by atomic mass is 16.5. The van der Waals surface area contributed by atoms with Crippen molar-refractivity contribution in [3.05, 3.63) is 11.9 Å². The van der Waals surface area contributed by atoms with Crippen LogP contribution in [0.4, 0.5) is 11.6 Å². The first-order chi connectivity index (χ1) is 10.1.